The number of nitrogens with one attached hydrogen (secondary N) is 1. The van der Waals surface area contributed by atoms with Crippen LogP contribution >= 0.6 is 0 Å². The molecular weight excluding hydrogens is 368 g/mol. The van der Waals surface area contributed by atoms with Crippen LogP contribution < -0.4 is 5.32 Å². The Kier molecular flexibility index (Phi) is 3.94. The number of allylic oxidation sites excluding steroid dienone is 2. The number of anilines is 1. The van der Waals surface area contributed by atoms with Crippen LogP contribution in [-0.4, -0.2) is 21.2 Å². The fourth-order valence-electron chi connectivity index (χ4n) is 4.53. The van der Waals surface area contributed by atoms with Crippen molar-refractivity contribution in [2.24, 2.45) is 0 Å². The van der Waals surface area contributed by atoms with Crippen molar-refractivity contribution in [2.75, 3.05) is 5.32 Å². The highest BCUT2D eigenvalue weighted by Gasteiger charge is 2.41. The lowest BCUT2D eigenvalue weighted by atomic mass is 9.72. The number of hydrogen-bond acceptors (Lipinski definition) is 6. The van der Waals surface area contributed by atoms with E-state index >= 15 is 0 Å². The smallest absolute Gasteiger partial charge is 0.233 e. The number of fused-ring (bicyclic) bond motifs is 1. The predicted molar refractivity (Wildman–Crippen MR) is 107 cm³/mol. The van der Waals surface area contributed by atoms with Crippen molar-refractivity contribution in [3.05, 3.63) is 82.2 Å². The van der Waals surface area contributed by atoms with Gasteiger partial charge in [-0.1, -0.05) is 35.5 Å². The number of phenolic OH excluding ortho intramolecular Hbond substituents is 2. The van der Waals surface area contributed by atoms with Crippen molar-refractivity contribution in [1.82, 2.24) is 5.16 Å². The van der Waals surface area contributed by atoms with Gasteiger partial charge in [0.15, 0.2) is 5.78 Å². The van der Waals surface area contributed by atoms with E-state index in [0.29, 0.717) is 24.3 Å². The normalized spacial score (nSPS) is 20.8. The minimum atomic E-state index is -0.300. The third kappa shape index (κ3) is 2.79. The van der Waals surface area contributed by atoms with Gasteiger partial charge < -0.3 is 20.1 Å². The highest BCUT2D eigenvalue weighted by Crippen LogP contribution is 2.49. The standard InChI is InChI=1S/C23H20N2O4/c1-12-20-21(13-6-8-15(26)9-7-13)22-17(24-23(20)29-25-12)10-14(11-19(22)28)16-4-2-3-5-18(16)27/h2-9,14,21,24,26-27H,10-11H2,1H3/t14-,21+/m1/s1. The topological polar surface area (TPSA) is 95.6 Å². The third-order valence-corrected chi connectivity index (χ3v) is 5.86. The van der Waals surface area contributed by atoms with Crippen LogP contribution in [0.1, 0.15) is 47.1 Å². The summed E-state index contributed by atoms with van der Waals surface area (Å²) >= 11 is 0. The molecule has 146 valence electrons. The van der Waals surface area contributed by atoms with Crippen LogP contribution in [0.15, 0.2) is 64.3 Å². The number of ketones is 1. The van der Waals surface area contributed by atoms with Crippen molar-refractivity contribution in [3.8, 4) is 11.5 Å². The molecule has 3 N–H and O–H groups in total. The van der Waals surface area contributed by atoms with E-state index in [1.54, 1.807) is 24.3 Å². The zero-order valence-corrected chi connectivity index (χ0v) is 15.8. The van der Waals surface area contributed by atoms with Crippen LogP contribution in [0.2, 0.25) is 0 Å². The molecule has 1 aliphatic carbocycles. The molecule has 0 fully saturated rings. The summed E-state index contributed by atoms with van der Waals surface area (Å²) in [4.78, 5) is 13.3. The van der Waals surface area contributed by atoms with Gasteiger partial charge in [-0.05, 0) is 42.7 Å². The lowest BCUT2D eigenvalue weighted by Crippen LogP contribution is -2.29. The molecule has 0 bridgehead atoms. The van der Waals surface area contributed by atoms with Crippen molar-refractivity contribution in [1.29, 1.82) is 0 Å². The van der Waals surface area contributed by atoms with Crippen LogP contribution in [-0.2, 0) is 4.79 Å². The number of carbonyl (C=O) groups excluding carboxylic acids is 1. The third-order valence-electron chi connectivity index (χ3n) is 5.86. The van der Waals surface area contributed by atoms with Gasteiger partial charge in [-0.15, -0.1) is 0 Å². The highest BCUT2D eigenvalue weighted by molar-refractivity contribution is 6.01. The molecule has 2 heterocycles. The molecule has 6 nitrogen and oxygen atoms in total. The van der Waals surface area contributed by atoms with Crippen molar-refractivity contribution in [2.45, 2.75) is 31.6 Å². The van der Waals surface area contributed by atoms with Crippen LogP contribution in [0.4, 0.5) is 5.88 Å². The number of aryl methyl sites for hydroxylation is 1. The van der Waals surface area contributed by atoms with E-state index in [2.05, 4.69) is 10.5 Å². The first-order valence-electron chi connectivity index (χ1n) is 9.59. The Morgan fingerprint density at radius 1 is 1.07 bits per heavy atom. The molecular formula is C23H20N2O4. The molecule has 0 saturated heterocycles. The average Bonchev–Trinajstić information content (AvgIpc) is 3.08. The number of rotatable bonds is 2. The van der Waals surface area contributed by atoms with Crippen LogP contribution in [0.5, 0.6) is 11.5 Å². The van der Waals surface area contributed by atoms with Gasteiger partial charge in [0, 0.05) is 29.5 Å². The van der Waals surface area contributed by atoms with Gasteiger partial charge in [0.2, 0.25) is 5.88 Å². The Morgan fingerprint density at radius 3 is 2.59 bits per heavy atom. The predicted octanol–water partition coefficient (Wildman–Crippen LogP) is 4.35. The molecule has 0 radical (unpaired) electrons. The number of Topliss-reactive ketones (excluding diaryl/α,β-unsaturated/α-hetero) is 1. The first-order valence-corrected chi connectivity index (χ1v) is 9.59. The summed E-state index contributed by atoms with van der Waals surface area (Å²) in [6.07, 6.45) is 0.915. The Hall–Kier alpha value is -3.54. The lowest BCUT2D eigenvalue weighted by molar-refractivity contribution is -0.116. The molecule has 2 aromatic carbocycles. The minimum absolute atomic E-state index is 0.0383. The van der Waals surface area contributed by atoms with E-state index in [0.717, 1.165) is 28.1 Å². The average molecular weight is 388 g/mol. The fraction of sp³-hybridized carbons (Fsp3) is 0.217. The summed E-state index contributed by atoms with van der Waals surface area (Å²) < 4.78 is 5.51. The summed E-state index contributed by atoms with van der Waals surface area (Å²) in [5, 5.41) is 27.3. The molecule has 2 aliphatic rings. The van der Waals surface area contributed by atoms with Crippen LogP contribution in [0, 0.1) is 6.92 Å². The van der Waals surface area contributed by atoms with E-state index in [4.69, 9.17) is 4.52 Å². The van der Waals surface area contributed by atoms with Gasteiger partial charge in [0.25, 0.3) is 0 Å². The quantitative estimate of drug-likeness (QED) is 0.604. The molecule has 0 unspecified atom stereocenters. The van der Waals surface area contributed by atoms with Gasteiger partial charge in [-0.2, -0.15) is 0 Å². The van der Waals surface area contributed by atoms with Crippen LogP contribution in [0.25, 0.3) is 0 Å². The molecule has 1 aliphatic heterocycles. The molecule has 0 amide bonds. The second-order valence-corrected chi connectivity index (χ2v) is 7.64. The van der Waals surface area contributed by atoms with Gasteiger partial charge in [-0.25, -0.2) is 0 Å². The van der Waals surface area contributed by atoms with Crippen LogP contribution in [0.3, 0.4) is 0 Å². The van der Waals surface area contributed by atoms with E-state index in [9.17, 15) is 15.0 Å². The number of carbonyl (C=O) groups is 1. The summed E-state index contributed by atoms with van der Waals surface area (Å²) in [6.45, 7) is 1.86. The molecule has 0 saturated carbocycles. The number of aromatic nitrogens is 1. The zero-order chi connectivity index (χ0) is 20.1. The molecule has 6 heteroatoms. The number of hydrogen-bond donors (Lipinski definition) is 3. The molecule has 0 spiro atoms. The summed E-state index contributed by atoms with van der Waals surface area (Å²) in [5.74, 6) is 0.554. The number of phenols is 2. The first-order chi connectivity index (χ1) is 14.0. The van der Waals surface area contributed by atoms with Gasteiger partial charge in [0.1, 0.15) is 11.5 Å². The Labute approximate surface area is 167 Å². The maximum Gasteiger partial charge on any atom is 0.233 e. The molecule has 29 heavy (non-hydrogen) atoms. The SMILES string of the molecule is Cc1noc2c1[C@H](c1ccc(O)cc1)C1=C(C[C@@H](c3ccccc3O)CC1=O)N2. The Bertz CT molecular complexity index is 1140. The zero-order valence-electron chi connectivity index (χ0n) is 15.8. The Morgan fingerprint density at radius 2 is 1.83 bits per heavy atom. The van der Waals surface area contributed by atoms with Crippen molar-refractivity contribution < 1.29 is 19.5 Å². The first kappa shape index (κ1) is 17.6. The summed E-state index contributed by atoms with van der Waals surface area (Å²) in [7, 11) is 0. The number of para-hydroxylation sites is 1. The van der Waals surface area contributed by atoms with Gasteiger partial charge >= 0.3 is 0 Å². The highest BCUT2D eigenvalue weighted by atomic mass is 16.5. The molecule has 2 atom stereocenters. The summed E-state index contributed by atoms with van der Waals surface area (Å²) in [6, 6.07) is 14.1. The maximum atomic E-state index is 13.3. The Balaban J connectivity index is 1.63. The largest absolute Gasteiger partial charge is 0.508 e. The van der Waals surface area contributed by atoms with E-state index < -0.39 is 0 Å². The van der Waals surface area contributed by atoms with Gasteiger partial charge in [0.05, 0.1) is 11.3 Å². The fourth-order valence-corrected chi connectivity index (χ4v) is 4.53. The monoisotopic (exact) mass is 388 g/mol. The van der Waals surface area contributed by atoms with E-state index in [1.165, 1.54) is 0 Å². The van der Waals surface area contributed by atoms with Crippen molar-refractivity contribution in [3.63, 3.8) is 0 Å². The van der Waals surface area contributed by atoms with Crippen molar-refractivity contribution >= 4 is 11.7 Å². The minimum Gasteiger partial charge on any atom is -0.508 e. The molecule has 1 aromatic heterocycles. The second-order valence-electron chi connectivity index (χ2n) is 7.64. The van der Waals surface area contributed by atoms with E-state index in [-0.39, 0.29) is 29.1 Å². The summed E-state index contributed by atoms with van der Waals surface area (Å²) in [5.41, 5.74) is 4.77. The maximum absolute atomic E-state index is 13.3. The van der Waals surface area contributed by atoms with Gasteiger partial charge in [-0.3, -0.25) is 4.79 Å². The number of benzene rings is 2. The second kappa shape index (κ2) is 6.51. The number of aromatic hydroxyl groups is 2. The lowest BCUT2D eigenvalue weighted by Gasteiger charge is -2.34. The number of nitrogens with zero attached hydrogens (tertiary/aromatic N) is 1. The van der Waals surface area contributed by atoms with E-state index in [1.807, 2.05) is 31.2 Å². The molecule has 3 aromatic rings. The molecule has 5 rings (SSSR count).